The Kier molecular flexibility index (Phi) is 4.04. The van der Waals surface area contributed by atoms with Gasteiger partial charge >= 0.3 is 0 Å². The molecule has 128 valence electrons. The average molecular weight is 325 g/mol. The Labute approximate surface area is 143 Å². The molecule has 1 aliphatic carbocycles. The second-order valence-corrected chi connectivity index (χ2v) is 7.57. The molecule has 1 N–H and O–H groups in total. The number of aromatic nitrogens is 3. The molecule has 2 aliphatic rings. The fourth-order valence-corrected chi connectivity index (χ4v) is 4.32. The van der Waals surface area contributed by atoms with Crippen molar-refractivity contribution in [2.45, 2.75) is 31.7 Å². The zero-order chi connectivity index (χ0) is 16.7. The van der Waals surface area contributed by atoms with Crippen LogP contribution in [-0.4, -0.2) is 46.3 Å². The van der Waals surface area contributed by atoms with Crippen LogP contribution in [0.15, 0.2) is 23.6 Å². The number of nitrogens with zero attached hydrogens (tertiary/aromatic N) is 4. The van der Waals surface area contributed by atoms with E-state index in [1.807, 2.05) is 17.9 Å². The molecule has 1 aliphatic heterocycles. The number of aromatic amines is 1. The Morgan fingerprint density at radius 2 is 2.00 bits per heavy atom. The molecule has 0 bridgehead atoms. The van der Waals surface area contributed by atoms with Crippen LogP contribution in [0.4, 0.5) is 0 Å². The number of hydrogen-bond donors (Lipinski definition) is 1. The van der Waals surface area contributed by atoms with E-state index in [0.29, 0.717) is 5.92 Å². The van der Waals surface area contributed by atoms with Crippen molar-refractivity contribution in [3.8, 4) is 11.1 Å². The molecule has 0 aromatic carbocycles. The van der Waals surface area contributed by atoms with Crippen LogP contribution in [0.5, 0.6) is 0 Å². The number of rotatable bonds is 3. The van der Waals surface area contributed by atoms with E-state index < -0.39 is 0 Å². The lowest BCUT2D eigenvalue weighted by atomic mass is 9.77. The summed E-state index contributed by atoms with van der Waals surface area (Å²) in [6.07, 6.45) is 13.8. The van der Waals surface area contributed by atoms with Gasteiger partial charge in [0, 0.05) is 54.3 Å². The highest BCUT2D eigenvalue weighted by Crippen LogP contribution is 2.33. The summed E-state index contributed by atoms with van der Waals surface area (Å²) in [5.74, 6) is 1.35. The summed E-state index contributed by atoms with van der Waals surface area (Å²) in [4.78, 5) is 10.6. The normalized spacial score (nSPS) is 26.8. The van der Waals surface area contributed by atoms with Gasteiger partial charge in [-0.1, -0.05) is 6.08 Å². The summed E-state index contributed by atoms with van der Waals surface area (Å²) in [5, 5.41) is 5.58. The monoisotopic (exact) mass is 325 g/mol. The summed E-state index contributed by atoms with van der Waals surface area (Å²) >= 11 is 0. The van der Waals surface area contributed by atoms with Crippen LogP contribution in [0.25, 0.3) is 17.2 Å². The molecule has 1 saturated carbocycles. The third kappa shape index (κ3) is 2.81. The first-order valence-corrected chi connectivity index (χ1v) is 9.01. The predicted molar refractivity (Wildman–Crippen MR) is 96.0 cm³/mol. The van der Waals surface area contributed by atoms with Crippen molar-refractivity contribution in [3.05, 3.63) is 29.3 Å². The Bertz CT molecular complexity index is 820. The molecule has 1 atom stereocenters. The van der Waals surface area contributed by atoms with Gasteiger partial charge in [-0.3, -0.25) is 9.67 Å². The van der Waals surface area contributed by atoms with E-state index in [1.54, 1.807) is 0 Å². The molecule has 2 aromatic heterocycles. The average Bonchev–Trinajstić information content (AvgIpc) is 3.20. The maximum absolute atomic E-state index is 4.83. The van der Waals surface area contributed by atoms with Crippen molar-refractivity contribution < 1.29 is 0 Å². The minimum atomic E-state index is 0.576. The molecule has 0 spiro atoms. The largest absolute Gasteiger partial charge is 0.346 e. The van der Waals surface area contributed by atoms with Crippen LogP contribution in [0.1, 0.15) is 25.7 Å². The van der Waals surface area contributed by atoms with E-state index in [9.17, 15) is 0 Å². The molecule has 0 amide bonds. The fourth-order valence-electron chi connectivity index (χ4n) is 4.32. The Balaban J connectivity index is 1.59. The molecule has 5 nitrogen and oxygen atoms in total. The summed E-state index contributed by atoms with van der Waals surface area (Å²) < 4.78 is 1.86. The highest BCUT2D eigenvalue weighted by molar-refractivity contribution is 5.63. The van der Waals surface area contributed by atoms with Crippen LogP contribution in [0, 0.1) is 11.8 Å². The SMILES string of the molecule is CN(C)C1CCC(C2C=c3c(-c4cnn(C)c4)c[nH]c3=NC2)CC1. The molecule has 2 aromatic rings. The van der Waals surface area contributed by atoms with Gasteiger partial charge in [0.15, 0.2) is 0 Å². The zero-order valence-electron chi connectivity index (χ0n) is 14.9. The molecule has 0 radical (unpaired) electrons. The highest BCUT2D eigenvalue weighted by atomic mass is 15.2. The maximum Gasteiger partial charge on any atom is 0.132 e. The van der Waals surface area contributed by atoms with Crippen molar-refractivity contribution in [2.75, 3.05) is 20.6 Å². The molecular formula is C19H27N5. The summed E-state index contributed by atoms with van der Waals surface area (Å²) in [7, 11) is 6.38. The van der Waals surface area contributed by atoms with E-state index in [4.69, 9.17) is 4.99 Å². The molecular weight excluding hydrogens is 298 g/mol. The lowest BCUT2D eigenvalue weighted by Crippen LogP contribution is -2.37. The molecule has 1 fully saturated rings. The number of fused-ring (bicyclic) bond motifs is 1. The lowest BCUT2D eigenvalue weighted by molar-refractivity contribution is 0.176. The van der Waals surface area contributed by atoms with Crippen molar-refractivity contribution in [3.63, 3.8) is 0 Å². The minimum absolute atomic E-state index is 0.576. The number of H-pyrrole nitrogens is 1. The first kappa shape index (κ1) is 15.6. The summed E-state index contributed by atoms with van der Waals surface area (Å²) in [6, 6.07) is 0.760. The van der Waals surface area contributed by atoms with Crippen LogP contribution in [0.2, 0.25) is 0 Å². The predicted octanol–water partition coefficient (Wildman–Crippen LogP) is 1.57. The van der Waals surface area contributed by atoms with E-state index in [0.717, 1.165) is 24.0 Å². The second kappa shape index (κ2) is 6.20. The number of hydrogen-bond acceptors (Lipinski definition) is 3. The van der Waals surface area contributed by atoms with E-state index in [2.05, 4.69) is 47.5 Å². The van der Waals surface area contributed by atoms with Crippen LogP contribution in [-0.2, 0) is 7.05 Å². The van der Waals surface area contributed by atoms with Gasteiger partial charge in [0.05, 0.1) is 6.20 Å². The van der Waals surface area contributed by atoms with Gasteiger partial charge in [-0.25, -0.2) is 0 Å². The van der Waals surface area contributed by atoms with Crippen molar-refractivity contribution in [2.24, 2.45) is 23.9 Å². The lowest BCUT2D eigenvalue weighted by Gasteiger charge is -2.35. The molecule has 5 heteroatoms. The van der Waals surface area contributed by atoms with Crippen LogP contribution >= 0.6 is 0 Å². The van der Waals surface area contributed by atoms with Crippen LogP contribution in [0.3, 0.4) is 0 Å². The van der Waals surface area contributed by atoms with E-state index >= 15 is 0 Å². The quantitative estimate of drug-likeness (QED) is 0.931. The second-order valence-electron chi connectivity index (χ2n) is 7.57. The van der Waals surface area contributed by atoms with Gasteiger partial charge in [-0.15, -0.1) is 0 Å². The molecule has 4 rings (SSSR count). The van der Waals surface area contributed by atoms with Gasteiger partial charge in [0.2, 0.25) is 0 Å². The first-order valence-electron chi connectivity index (χ1n) is 9.01. The molecule has 0 saturated heterocycles. The maximum atomic E-state index is 4.83. The van der Waals surface area contributed by atoms with Gasteiger partial charge in [0.25, 0.3) is 0 Å². The third-order valence-corrected chi connectivity index (χ3v) is 5.83. The summed E-state index contributed by atoms with van der Waals surface area (Å²) in [5.41, 5.74) is 3.43. The Morgan fingerprint density at radius 1 is 1.21 bits per heavy atom. The van der Waals surface area contributed by atoms with Gasteiger partial charge in [-0.2, -0.15) is 5.10 Å². The standard InChI is InChI=1S/C19H27N5/c1-23(2)16-6-4-13(5-7-16)14-8-17-18(11-21-19(17)20-9-14)15-10-22-24(3)12-15/h8,10-14,16H,4-7,9H2,1-3H3,(H,20,21). The molecule has 24 heavy (non-hydrogen) atoms. The Morgan fingerprint density at radius 3 is 2.67 bits per heavy atom. The van der Waals surface area contributed by atoms with E-state index in [1.165, 1.54) is 42.0 Å². The van der Waals surface area contributed by atoms with E-state index in [-0.39, 0.29) is 0 Å². The fraction of sp³-hybridized carbons (Fsp3) is 0.579. The first-order chi connectivity index (χ1) is 11.6. The molecule has 3 heterocycles. The van der Waals surface area contributed by atoms with Crippen molar-refractivity contribution in [1.82, 2.24) is 19.7 Å². The van der Waals surface area contributed by atoms with Gasteiger partial charge < -0.3 is 9.88 Å². The highest BCUT2D eigenvalue weighted by Gasteiger charge is 2.28. The van der Waals surface area contributed by atoms with Gasteiger partial charge in [0.1, 0.15) is 5.49 Å². The smallest absolute Gasteiger partial charge is 0.132 e. The Hall–Kier alpha value is -1.88. The number of nitrogens with one attached hydrogen (secondary N) is 1. The third-order valence-electron chi connectivity index (χ3n) is 5.83. The van der Waals surface area contributed by atoms with Crippen molar-refractivity contribution >= 4 is 6.08 Å². The van der Waals surface area contributed by atoms with Crippen molar-refractivity contribution in [1.29, 1.82) is 0 Å². The number of aryl methyl sites for hydroxylation is 1. The van der Waals surface area contributed by atoms with Crippen LogP contribution < -0.4 is 10.7 Å². The van der Waals surface area contributed by atoms with Gasteiger partial charge in [-0.05, 0) is 45.7 Å². The topological polar surface area (TPSA) is 49.2 Å². The minimum Gasteiger partial charge on any atom is -0.346 e. The summed E-state index contributed by atoms with van der Waals surface area (Å²) in [6.45, 7) is 0.928. The zero-order valence-corrected chi connectivity index (χ0v) is 14.9. The molecule has 1 unspecified atom stereocenters.